The molecule has 0 saturated carbocycles. The summed E-state index contributed by atoms with van der Waals surface area (Å²) in [5.74, 6) is 1.77. The van der Waals surface area contributed by atoms with Crippen LogP contribution in [-0.4, -0.2) is 24.2 Å². The van der Waals surface area contributed by atoms with Gasteiger partial charge in [-0.15, -0.1) is 11.3 Å². The molecule has 0 unspecified atom stereocenters. The predicted octanol–water partition coefficient (Wildman–Crippen LogP) is 3.48. The molecule has 0 radical (unpaired) electrons. The van der Waals surface area contributed by atoms with Crippen molar-refractivity contribution in [3.63, 3.8) is 0 Å². The number of benzene rings is 1. The molecule has 7 heteroatoms. The Hall–Kier alpha value is -2.28. The van der Waals surface area contributed by atoms with Gasteiger partial charge in [-0.05, 0) is 39.8 Å². The van der Waals surface area contributed by atoms with Gasteiger partial charge in [-0.2, -0.15) is 0 Å². The van der Waals surface area contributed by atoms with E-state index in [1.165, 1.54) is 0 Å². The van der Waals surface area contributed by atoms with Crippen molar-refractivity contribution in [2.45, 2.75) is 34.2 Å². The molecule has 1 aromatic carbocycles. The SMILES string of the molecule is CCOc1ccc(OCC)c(NC(N)=NCc2nc(C)sc2C)c1. The van der Waals surface area contributed by atoms with E-state index in [0.717, 1.165) is 27.0 Å². The summed E-state index contributed by atoms with van der Waals surface area (Å²) in [6, 6.07) is 5.58. The van der Waals surface area contributed by atoms with Crippen LogP contribution < -0.4 is 20.5 Å². The first-order valence-corrected chi connectivity index (χ1v) is 8.74. The van der Waals surface area contributed by atoms with E-state index < -0.39 is 0 Å². The van der Waals surface area contributed by atoms with Gasteiger partial charge in [-0.25, -0.2) is 9.98 Å². The number of rotatable bonds is 7. The number of ether oxygens (including phenoxy) is 2. The third kappa shape index (κ3) is 4.86. The Balaban J connectivity index is 2.13. The van der Waals surface area contributed by atoms with Gasteiger partial charge < -0.3 is 20.5 Å². The van der Waals surface area contributed by atoms with Crippen molar-refractivity contribution < 1.29 is 9.47 Å². The average Bonchev–Trinajstić information content (AvgIpc) is 2.86. The maximum atomic E-state index is 6.02. The van der Waals surface area contributed by atoms with Crippen LogP contribution in [0, 0.1) is 13.8 Å². The number of nitrogens with zero attached hydrogens (tertiary/aromatic N) is 2. The molecule has 0 amide bonds. The molecule has 0 bridgehead atoms. The maximum Gasteiger partial charge on any atom is 0.193 e. The Kier molecular flexibility index (Phi) is 6.43. The molecule has 0 aliphatic rings. The van der Waals surface area contributed by atoms with Crippen LogP contribution >= 0.6 is 11.3 Å². The molecule has 3 N–H and O–H groups in total. The number of aryl methyl sites for hydroxylation is 2. The fourth-order valence-electron chi connectivity index (χ4n) is 2.20. The summed E-state index contributed by atoms with van der Waals surface area (Å²) in [5.41, 5.74) is 7.70. The van der Waals surface area contributed by atoms with Gasteiger partial charge in [0.15, 0.2) is 5.96 Å². The van der Waals surface area contributed by atoms with Gasteiger partial charge in [0.2, 0.25) is 0 Å². The fraction of sp³-hybridized carbons (Fsp3) is 0.412. The van der Waals surface area contributed by atoms with Crippen LogP contribution in [0.2, 0.25) is 0 Å². The minimum atomic E-state index is 0.314. The van der Waals surface area contributed by atoms with Crippen LogP contribution in [0.15, 0.2) is 23.2 Å². The molecule has 0 aliphatic heterocycles. The molecule has 0 fully saturated rings. The molecule has 2 aromatic rings. The number of aliphatic imine (C=N–C) groups is 1. The Morgan fingerprint density at radius 1 is 1.25 bits per heavy atom. The Morgan fingerprint density at radius 2 is 2.00 bits per heavy atom. The minimum absolute atomic E-state index is 0.314. The summed E-state index contributed by atoms with van der Waals surface area (Å²) in [5, 5.41) is 4.12. The first-order valence-electron chi connectivity index (χ1n) is 7.93. The van der Waals surface area contributed by atoms with Crippen LogP contribution in [0.3, 0.4) is 0 Å². The number of anilines is 1. The molecule has 2 rings (SSSR count). The van der Waals surface area contributed by atoms with Crippen molar-refractivity contribution in [2.75, 3.05) is 18.5 Å². The highest BCUT2D eigenvalue weighted by molar-refractivity contribution is 7.11. The smallest absolute Gasteiger partial charge is 0.193 e. The zero-order valence-electron chi connectivity index (χ0n) is 14.5. The number of hydrogen-bond acceptors (Lipinski definition) is 5. The summed E-state index contributed by atoms with van der Waals surface area (Å²) >= 11 is 1.66. The van der Waals surface area contributed by atoms with E-state index in [1.54, 1.807) is 11.3 Å². The third-order valence-corrected chi connectivity index (χ3v) is 4.15. The highest BCUT2D eigenvalue weighted by Crippen LogP contribution is 2.29. The molecule has 130 valence electrons. The number of guanidine groups is 1. The second-order valence-corrected chi connectivity index (χ2v) is 6.49. The lowest BCUT2D eigenvalue weighted by molar-refractivity contribution is 0.332. The van der Waals surface area contributed by atoms with Gasteiger partial charge in [-0.1, -0.05) is 0 Å². The van der Waals surface area contributed by atoms with Crippen LogP contribution in [0.4, 0.5) is 5.69 Å². The molecule has 24 heavy (non-hydrogen) atoms. The van der Waals surface area contributed by atoms with Gasteiger partial charge in [0.05, 0.1) is 36.1 Å². The molecule has 6 nitrogen and oxygen atoms in total. The molecule has 0 atom stereocenters. The lowest BCUT2D eigenvalue weighted by atomic mass is 10.2. The number of thiazole rings is 1. The zero-order chi connectivity index (χ0) is 17.5. The zero-order valence-corrected chi connectivity index (χ0v) is 15.4. The molecular formula is C17H24N4O2S. The summed E-state index contributed by atoms with van der Waals surface area (Å²) in [6.45, 7) is 9.52. The highest BCUT2D eigenvalue weighted by atomic mass is 32.1. The first-order chi connectivity index (χ1) is 11.5. The van der Waals surface area contributed by atoms with E-state index in [9.17, 15) is 0 Å². The lowest BCUT2D eigenvalue weighted by Crippen LogP contribution is -2.23. The normalized spacial score (nSPS) is 11.4. The van der Waals surface area contributed by atoms with E-state index in [-0.39, 0.29) is 0 Å². The number of hydrogen-bond donors (Lipinski definition) is 2. The average molecular weight is 348 g/mol. The summed E-state index contributed by atoms with van der Waals surface area (Å²) in [6.07, 6.45) is 0. The Labute approximate surface area is 146 Å². The minimum Gasteiger partial charge on any atom is -0.494 e. The summed E-state index contributed by atoms with van der Waals surface area (Å²) < 4.78 is 11.1. The second-order valence-electron chi connectivity index (χ2n) is 5.09. The number of nitrogens with one attached hydrogen (secondary N) is 1. The molecular weight excluding hydrogens is 324 g/mol. The van der Waals surface area contributed by atoms with Gasteiger partial charge in [0.1, 0.15) is 11.5 Å². The van der Waals surface area contributed by atoms with E-state index in [2.05, 4.69) is 15.3 Å². The quantitative estimate of drug-likeness (QED) is 0.591. The maximum absolute atomic E-state index is 6.02. The van der Waals surface area contributed by atoms with Crippen molar-refractivity contribution in [1.29, 1.82) is 0 Å². The molecule has 0 spiro atoms. The Morgan fingerprint density at radius 3 is 2.62 bits per heavy atom. The summed E-state index contributed by atoms with van der Waals surface area (Å²) in [7, 11) is 0. The molecule has 1 aromatic heterocycles. The largest absolute Gasteiger partial charge is 0.494 e. The van der Waals surface area contributed by atoms with Crippen molar-refractivity contribution in [2.24, 2.45) is 10.7 Å². The summed E-state index contributed by atoms with van der Waals surface area (Å²) in [4.78, 5) is 9.99. The molecule has 0 saturated heterocycles. The van der Waals surface area contributed by atoms with Gasteiger partial charge in [0.25, 0.3) is 0 Å². The number of aromatic nitrogens is 1. The lowest BCUT2D eigenvalue weighted by Gasteiger charge is -2.13. The van der Waals surface area contributed by atoms with Gasteiger partial charge in [0, 0.05) is 10.9 Å². The van der Waals surface area contributed by atoms with Crippen molar-refractivity contribution in [3.05, 3.63) is 33.8 Å². The molecule has 0 aliphatic carbocycles. The van der Waals surface area contributed by atoms with Gasteiger partial charge in [-0.3, -0.25) is 0 Å². The molecule has 1 heterocycles. The van der Waals surface area contributed by atoms with E-state index >= 15 is 0 Å². The second kappa shape index (κ2) is 8.54. The third-order valence-electron chi connectivity index (χ3n) is 3.22. The van der Waals surface area contributed by atoms with E-state index in [4.69, 9.17) is 15.2 Å². The standard InChI is InChI=1S/C17H24N4O2S/c1-5-22-13-7-8-16(23-6-2)14(9-13)21-17(18)19-10-15-11(3)24-12(4)20-15/h7-9H,5-6,10H2,1-4H3,(H3,18,19,21). The van der Waals surface area contributed by atoms with Crippen molar-refractivity contribution in [3.8, 4) is 11.5 Å². The Bertz CT molecular complexity index is 713. The van der Waals surface area contributed by atoms with E-state index in [1.807, 2.05) is 45.9 Å². The van der Waals surface area contributed by atoms with Gasteiger partial charge >= 0.3 is 0 Å². The predicted molar refractivity (Wildman–Crippen MR) is 99.3 cm³/mol. The van der Waals surface area contributed by atoms with Crippen LogP contribution in [0.25, 0.3) is 0 Å². The first kappa shape index (κ1) is 18.1. The topological polar surface area (TPSA) is 81.8 Å². The van der Waals surface area contributed by atoms with Crippen LogP contribution in [0.1, 0.15) is 29.4 Å². The van der Waals surface area contributed by atoms with Crippen molar-refractivity contribution >= 4 is 23.0 Å². The number of nitrogens with two attached hydrogens (primary N) is 1. The van der Waals surface area contributed by atoms with Crippen LogP contribution in [0.5, 0.6) is 11.5 Å². The van der Waals surface area contributed by atoms with E-state index in [0.29, 0.717) is 31.5 Å². The highest BCUT2D eigenvalue weighted by Gasteiger charge is 2.08. The van der Waals surface area contributed by atoms with Crippen LogP contribution in [-0.2, 0) is 6.54 Å². The monoisotopic (exact) mass is 348 g/mol. The fourth-order valence-corrected chi connectivity index (χ4v) is 3.03. The van der Waals surface area contributed by atoms with Crippen molar-refractivity contribution in [1.82, 2.24) is 4.98 Å².